The lowest BCUT2D eigenvalue weighted by atomic mass is 9.85. The maximum absolute atomic E-state index is 13.5. The molecule has 0 bridgehead atoms. The summed E-state index contributed by atoms with van der Waals surface area (Å²) in [5.41, 5.74) is 0.252. The van der Waals surface area contributed by atoms with E-state index < -0.39 is 11.6 Å². The van der Waals surface area contributed by atoms with Crippen LogP contribution >= 0.6 is 23.2 Å². The number of rotatable bonds is 8. The predicted octanol–water partition coefficient (Wildman–Crippen LogP) is 4.36. The van der Waals surface area contributed by atoms with Crippen molar-refractivity contribution in [3.05, 3.63) is 46.0 Å². The smallest absolute Gasteiger partial charge is 0.243 e. The van der Waals surface area contributed by atoms with E-state index in [0.29, 0.717) is 29.3 Å². The van der Waals surface area contributed by atoms with Gasteiger partial charge in [-0.1, -0.05) is 48.3 Å². The number of halogens is 2. The van der Waals surface area contributed by atoms with E-state index in [-0.39, 0.29) is 55.0 Å². The van der Waals surface area contributed by atoms with Gasteiger partial charge in [-0.15, -0.1) is 0 Å². The predicted molar refractivity (Wildman–Crippen MR) is 136 cm³/mol. The Balaban J connectivity index is 1.79. The molecule has 0 radical (unpaired) electrons. The van der Waals surface area contributed by atoms with Crippen LogP contribution in [-0.4, -0.2) is 51.6 Å². The molecule has 1 fully saturated rings. The Morgan fingerprint density at radius 3 is 2.20 bits per heavy atom. The lowest BCUT2D eigenvalue weighted by Crippen LogP contribution is -2.53. The van der Waals surface area contributed by atoms with E-state index in [2.05, 4.69) is 5.32 Å². The number of hydrogen-bond donors (Lipinski definition) is 1. The number of amides is 4. The summed E-state index contributed by atoms with van der Waals surface area (Å²) in [6, 6.07) is 4.35. The van der Waals surface area contributed by atoms with Crippen LogP contribution in [0.3, 0.4) is 0 Å². The highest BCUT2D eigenvalue weighted by atomic mass is 35.5. The summed E-state index contributed by atoms with van der Waals surface area (Å²) >= 11 is 12.2. The minimum absolute atomic E-state index is 0.00129. The van der Waals surface area contributed by atoms with Crippen LogP contribution in [-0.2, 0) is 25.7 Å². The Morgan fingerprint density at radius 1 is 1.09 bits per heavy atom. The lowest BCUT2D eigenvalue weighted by Gasteiger charge is -2.33. The molecule has 35 heavy (non-hydrogen) atoms. The van der Waals surface area contributed by atoms with Crippen LogP contribution in [0.2, 0.25) is 10.0 Å². The van der Waals surface area contributed by atoms with Crippen LogP contribution < -0.4 is 5.32 Å². The standard InChI is InChI=1S/C26H33Cl2N3O4/c1-5-21(23(33)29-26(2,3)4)31(15-16-10-11-19(27)20(28)14-16)22(32)12-13-30-24(34)17-8-6-7-9-18(17)25(30)35/h6-7,10-11,14,17-18,21H,5,8-9,12-13,15H2,1-4H3,(H,29,33)/t17-,18+,21-/m0/s1. The van der Waals surface area contributed by atoms with E-state index in [4.69, 9.17) is 23.2 Å². The minimum Gasteiger partial charge on any atom is -0.350 e. The SMILES string of the molecule is CC[C@@H](C(=O)NC(C)(C)C)N(Cc1ccc(Cl)c(Cl)c1)C(=O)CCN1C(=O)[C@H]2CC=CC[C@H]2C1=O. The molecule has 0 spiro atoms. The maximum Gasteiger partial charge on any atom is 0.243 e. The van der Waals surface area contributed by atoms with Crippen molar-refractivity contribution in [3.63, 3.8) is 0 Å². The Hall–Kier alpha value is -2.38. The summed E-state index contributed by atoms with van der Waals surface area (Å²) in [6.45, 7) is 7.61. The third kappa shape index (κ3) is 6.44. The first-order valence-electron chi connectivity index (χ1n) is 12.0. The van der Waals surface area contributed by atoms with Crippen molar-refractivity contribution in [2.75, 3.05) is 6.54 Å². The summed E-state index contributed by atoms with van der Waals surface area (Å²) in [5, 5.41) is 3.70. The topological polar surface area (TPSA) is 86.8 Å². The Bertz CT molecular complexity index is 1010. The van der Waals surface area contributed by atoms with Gasteiger partial charge in [-0.2, -0.15) is 0 Å². The Kier molecular flexibility index (Phi) is 8.65. The largest absolute Gasteiger partial charge is 0.350 e. The molecular weight excluding hydrogens is 489 g/mol. The number of hydrogen-bond acceptors (Lipinski definition) is 4. The van der Waals surface area contributed by atoms with Crippen LogP contribution in [0, 0.1) is 11.8 Å². The van der Waals surface area contributed by atoms with Gasteiger partial charge in [0, 0.05) is 25.0 Å². The molecule has 3 atom stereocenters. The number of nitrogens with zero attached hydrogens (tertiary/aromatic N) is 2. The number of imide groups is 1. The van der Waals surface area contributed by atoms with E-state index >= 15 is 0 Å². The molecule has 1 aliphatic heterocycles. The molecule has 1 heterocycles. The second-order valence-corrected chi connectivity index (χ2v) is 11.0. The average molecular weight is 522 g/mol. The van der Waals surface area contributed by atoms with Crippen LogP contribution in [0.5, 0.6) is 0 Å². The molecule has 2 aliphatic rings. The quantitative estimate of drug-likeness (QED) is 0.406. The number of likely N-dealkylation sites (tertiary alicyclic amines) is 1. The van der Waals surface area contributed by atoms with Crippen molar-refractivity contribution in [1.29, 1.82) is 0 Å². The molecule has 1 saturated heterocycles. The van der Waals surface area contributed by atoms with Gasteiger partial charge in [-0.05, 0) is 57.7 Å². The van der Waals surface area contributed by atoms with E-state index in [1.807, 2.05) is 39.8 Å². The Morgan fingerprint density at radius 2 is 1.69 bits per heavy atom. The second-order valence-electron chi connectivity index (χ2n) is 10.2. The van der Waals surface area contributed by atoms with E-state index in [9.17, 15) is 19.2 Å². The molecule has 1 aliphatic carbocycles. The van der Waals surface area contributed by atoms with Crippen molar-refractivity contribution in [1.82, 2.24) is 15.1 Å². The molecule has 3 rings (SSSR count). The Labute approximate surface area is 216 Å². The van der Waals surface area contributed by atoms with Crippen LogP contribution in [0.15, 0.2) is 30.4 Å². The van der Waals surface area contributed by atoms with Crippen molar-refractivity contribution < 1.29 is 19.2 Å². The first-order valence-corrected chi connectivity index (χ1v) is 12.7. The van der Waals surface area contributed by atoms with Crippen molar-refractivity contribution >= 4 is 46.8 Å². The summed E-state index contributed by atoms with van der Waals surface area (Å²) in [5.74, 6) is -1.69. The molecule has 0 aromatic heterocycles. The minimum atomic E-state index is -0.729. The highest BCUT2D eigenvalue weighted by Crippen LogP contribution is 2.35. The maximum atomic E-state index is 13.5. The molecule has 9 heteroatoms. The number of allylic oxidation sites excluding steroid dienone is 2. The third-order valence-corrected chi connectivity index (χ3v) is 7.11. The van der Waals surface area contributed by atoms with Crippen LogP contribution in [0.25, 0.3) is 0 Å². The molecular formula is C26H33Cl2N3O4. The number of benzene rings is 1. The first kappa shape index (κ1) is 27.2. The second kappa shape index (κ2) is 11.1. The monoisotopic (exact) mass is 521 g/mol. The fourth-order valence-corrected chi connectivity index (χ4v) is 4.97. The van der Waals surface area contributed by atoms with Crippen molar-refractivity contribution in [2.24, 2.45) is 11.8 Å². The number of fused-ring (bicyclic) bond motifs is 1. The van der Waals surface area contributed by atoms with E-state index in [0.717, 1.165) is 5.56 Å². The molecule has 1 aromatic rings. The summed E-state index contributed by atoms with van der Waals surface area (Å²) in [4.78, 5) is 54.9. The summed E-state index contributed by atoms with van der Waals surface area (Å²) < 4.78 is 0. The number of nitrogens with one attached hydrogen (secondary N) is 1. The average Bonchev–Trinajstić information content (AvgIpc) is 3.03. The van der Waals surface area contributed by atoms with Gasteiger partial charge in [0.2, 0.25) is 23.6 Å². The van der Waals surface area contributed by atoms with Gasteiger partial charge < -0.3 is 10.2 Å². The van der Waals surface area contributed by atoms with Gasteiger partial charge in [-0.25, -0.2) is 0 Å². The molecule has 1 N–H and O–H groups in total. The van der Waals surface area contributed by atoms with E-state index in [1.54, 1.807) is 18.2 Å². The van der Waals surface area contributed by atoms with Gasteiger partial charge in [0.25, 0.3) is 0 Å². The van der Waals surface area contributed by atoms with Gasteiger partial charge >= 0.3 is 0 Å². The first-order chi connectivity index (χ1) is 16.4. The molecule has 1 aromatic carbocycles. The molecule has 0 saturated carbocycles. The van der Waals surface area contributed by atoms with E-state index in [1.165, 1.54) is 9.80 Å². The van der Waals surface area contributed by atoms with Crippen LogP contribution in [0.4, 0.5) is 0 Å². The normalized spacial score (nSPS) is 20.6. The highest BCUT2D eigenvalue weighted by molar-refractivity contribution is 6.42. The van der Waals surface area contributed by atoms with Crippen molar-refractivity contribution in [2.45, 2.75) is 71.5 Å². The molecule has 7 nitrogen and oxygen atoms in total. The molecule has 4 amide bonds. The fraction of sp³-hybridized carbons (Fsp3) is 0.538. The summed E-state index contributed by atoms with van der Waals surface area (Å²) in [6.07, 6.45) is 5.29. The molecule has 190 valence electrons. The fourth-order valence-electron chi connectivity index (χ4n) is 4.65. The zero-order chi connectivity index (χ0) is 25.9. The van der Waals surface area contributed by atoms with Crippen LogP contribution in [0.1, 0.15) is 58.9 Å². The lowest BCUT2D eigenvalue weighted by molar-refractivity contribution is -0.144. The van der Waals surface area contributed by atoms with Gasteiger partial charge in [0.15, 0.2) is 0 Å². The van der Waals surface area contributed by atoms with Gasteiger partial charge in [0.1, 0.15) is 6.04 Å². The van der Waals surface area contributed by atoms with Gasteiger partial charge in [0.05, 0.1) is 21.9 Å². The van der Waals surface area contributed by atoms with Crippen molar-refractivity contribution in [3.8, 4) is 0 Å². The zero-order valence-electron chi connectivity index (χ0n) is 20.6. The third-order valence-electron chi connectivity index (χ3n) is 6.37. The number of carbonyl (C=O) groups is 4. The zero-order valence-corrected chi connectivity index (χ0v) is 22.2. The number of carbonyl (C=O) groups excluding carboxylic acids is 4. The molecule has 0 unspecified atom stereocenters. The highest BCUT2D eigenvalue weighted by Gasteiger charge is 2.47. The summed E-state index contributed by atoms with van der Waals surface area (Å²) in [7, 11) is 0. The van der Waals surface area contributed by atoms with Gasteiger partial charge in [-0.3, -0.25) is 24.1 Å².